The van der Waals surface area contributed by atoms with Crippen molar-refractivity contribution >= 4 is 22.5 Å². The highest BCUT2D eigenvalue weighted by molar-refractivity contribution is 6.19. The van der Waals surface area contributed by atoms with Gasteiger partial charge in [-0.25, -0.2) is 0 Å². The summed E-state index contributed by atoms with van der Waals surface area (Å²) in [5.41, 5.74) is 2.03. The van der Waals surface area contributed by atoms with E-state index in [1.807, 2.05) is 37.3 Å². The van der Waals surface area contributed by atoms with Gasteiger partial charge < -0.3 is 4.98 Å². The van der Waals surface area contributed by atoms with Crippen LogP contribution in [0, 0.1) is 36.0 Å². The minimum absolute atomic E-state index is 0.121. The topological polar surface area (TPSA) is 73.7 Å². The molecule has 0 unspecified atom stereocenters. The lowest BCUT2D eigenvalue weighted by molar-refractivity contribution is -0.121. The number of nitrogens with one attached hydrogen (secondary N) is 1. The van der Waals surface area contributed by atoms with E-state index in [0.717, 1.165) is 17.3 Å². The van der Waals surface area contributed by atoms with Crippen LogP contribution in [0.1, 0.15) is 29.4 Å². The molecular weight excluding hydrogens is 264 g/mol. The molecule has 3 rings (SSSR count). The third-order valence-electron chi connectivity index (χ3n) is 4.29. The van der Waals surface area contributed by atoms with Gasteiger partial charge in [-0.3, -0.25) is 9.59 Å². The number of carbonyl (C=O) groups is 2. The first-order valence-electron chi connectivity index (χ1n) is 7.09. The number of nitriles is 1. The summed E-state index contributed by atoms with van der Waals surface area (Å²) >= 11 is 0. The molecule has 4 nitrogen and oxygen atoms in total. The molecular formula is C17H16N2O2. The molecule has 1 aromatic carbocycles. The molecule has 1 aliphatic rings. The summed E-state index contributed by atoms with van der Waals surface area (Å²) in [5, 5.41) is 10.1. The third-order valence-corrected chi connectivity index (χ3v) is 4.29. The van der Waals surface area contributed by atoms with Crippen LogP contribution in [0.4, 0.5) is 0 Å². The Hall–Kier alpha value is -2.41. The Morgan fingerprint density at radius 1 is 1.38 bits per heavy atom. The first-order valence-corrected chi connectivity index (χ1v) is 7.09. The van der Waals surface area contributed by atoms with Gasteiger partial charge in [-0.15, -0.1) is 0 Å². The van der Waals surface area contributed by atoms with Crippen molar-refractivity contribution in [3.8, 4) is 6.07 Å². The second-order valence-electron chi connectivity index (χ2n) is 5.82. The van der Waals surface area contributed by atoms with Crippen LogP contribution in [0.15, 0.2) is 24.3 Å². The Bertz CT molecular complexity index is 782. The van der Waals surface area contributed by atoms with E-state index in [0.29, 0.717) is 17.2 Å². The fraction of sp³-hybridized carbons (Fsp3) is 0.353. The van der Waals surface area contributed by atoms with E-state index in [2.05, 4.69) is 4.98 Å². The summed E-state index contributed by atoms with van der Waals surface area (Å²) in [6.07, 6.45) is 0.789. The van der Waals surface area contributed by atoms with Gasteiger partial charge in [0.1, 0.15) is 0 Å². The predicted octanol–water partition coefficient (Wildman–Crippen LogP) is 3.02. The van der Waals surface area contributed by atoms with Gasteiger partial charge in [0, 0.05) is 28.1 Å². The van der Waals surface area contributed by atoms with Gasteiger partial charge in [0.05, 0.1) is 6.07 Å². The van der Waals surface area contributed by atoms with E-state index in [1.54, 1.807) is 6.92 Å². The summed E-state index contributed by atoms with van der Waals surface area (Å²) in [4.78, 5) is 28.1. The number of rotatable bonds is 4. The molecule has 0 saturated heterocycles. The Balaban J connectivity index is 2.01. The van der Waals surface area contributed by atoms with Crippen molar-refractivity contribution in [3.05, 3.63) is 35.5 Å². The Labute approximate surface area is 122 Å². The number of Topliss-reactive ketones (excluding diaryl/α,β-unsaturated/α-hetero) is 2. The highest BCUT2D eigenvalue weighted by atomic mass is 16.2. The number of aryl methyl sites for hydroxylation is 1. The lowest BCUT2D eigenvalue weighted by Gasteiger charge is -2.07. The first-order chi connectivity index (χ1) is 10.0. The number of hydrogen-bond donors (Lipinski definition) is 1. The molecule has 21 heavy (non-hydrogen) atoms. The molecule has 1 heterocycles. The van der Waals surface area contributed by atoms with Crippen LogP contribution in [0.25, 0.3) is 10.9 Å². The first kappa shape index (κ1) is 13.6. The van der Waals surface area contributed by atoms with E-state index in [4.69, 9.17) is 0 Å². The van der Waals surface area contributed by atoms with Gasteiger partial charge in [-0.1, -0.05) is 25.1 Å². The number of ketones is 2. The summed E-state index contributed by atoms with van der Waals surface area (Å²) < 4.78 is 0. The smallest absolute Gasteiger partial charge is 0.189 e. The largest absolute Gasteiger partial charge is 0.358 e. The number of aromatic nitrogens is 1. The van der Waals surface area contributed by atoms with Crippen molar-refractivity contribution in [1.29, 1.82) is 5.26 Å². The quantitative estimate of drug-likeness (QED) is 0.691. The molecule has 0 bridgehead atoms. The van der Waals surface area contributed by atoms with Gasteiger partial charge >= 0.3 is 0 Å². The van der Waals surface area contributed by atoms with Gasteiger partial charge in [-0.05, 0) is 25.3 Å². The number of fused-ring (bicyclic) bond motifs is 1. The zero-order valence-electron chi connectivity index (χ0n) is 12.0. The molecule has 4 heteroatoms. The number of nitrogens with zero attached hydrogens (tertiary/aromatic N) is 1. The third kappa shape index (κ3) is 2.15. The Morgan fingerprint density at radius 3 is 2.67 bits per heavy atom. The molecule has 2 aromatic rings. The molecule has 106 valence electrons. The van der Waals surface area contributed by atoms with Crippen LogP contribution in [0.5, 0.6) is 0 Å². The summed E-state index contributed by atoms with van der Waals surface area (Å²) in [5.74, 6) is -1.61. The fourth-order valence-corrected chi connectivity index (χ4v) is 2.92. The molecule has 1 aliphatic carbocycles. The average molecular weight is 280 g/mol. The van der Waals surface area contributed by atoms with Gasteiger partial charge in [0.25, 0.3) is 0 Å². The van der Waals surface area contributed by atoms with Crippen molar-refractivity contribution in [2.75, 3.05) is 0 Å². The number of aromatic amines is 1. The van der Waals surface area contributed by atoms with Gasteiger partial charge in [0.15, 0.2) is 17.5 Å². The van der Waals surface area contributed by atoms with Crippen LogP contribution >= 0.6 is 0 Å². The highest BCUT2D eigenvalue weighted by Crippen LogP contribution is 2.41. The Morgan fingerprint density at radius 2 is 2.05 bits per heavy atom. The molecule has 3 atom stereocenters. The highest BCUT2D eigenvalue weighted by Gasteiger charge is 2.45. The summed E-state index contributed by atoms with van der Waals surface area (Å²) in [6, 6.07) is 9.36. The fourth-order valence-electron chi connectivity index (χ4n) is 2.92. The van der Waals surface area contributed by atoms with Crippen LogP contribution in [-0.2, 0) is 4.79 Å². The van der Waals surface area contributed by atoms with E-state index in [-0.39, 0.29) is 17.5 Å². The summed E-state index contributed by atoms with van der Waals surface area (Å²) in [6.45, 7) is 3.77. The second-order valence-corrected chi connectivity index (χ2v) is 5.82. The van der Waals surface area contributed by atoms with E-state index < -0.39 is 5.92 Å². The van der Waals surface area contributed by atoms with E-state index >= 15 is 0 Å². The maximum absolute atomic E-state index is 12.7. The number of benzene rings is 1. The summed E-state index contributed by atoms with van der Waals surface area (Å²) in [7, 11) is 0. The van der Waals surface area contributed by atoms with Crippen molar-refractivity contribution in [2.24, 2.45) is 17.8 Å². The van der Waals surface area contributed by atoms with Crippen molar-refractivity contribution in [3.63, 3.8) is 0 Å². The average Bonchev–Trinajstić information content (AvgIpc) is 3.09. The Kier molecular flexibility index (Phi) is 3.13. The molecule has 0 spiro atoms. The van der Waals surface area contributed by atoms with Crippen LogP contribution in [0.2, 0.25) is 0 Å². The van der Waals surface area contributed by atoms with Crippen molar-refractivity contribution in [2.45, 2.75) is 20.3 Å². The van der Waals surface area contributed by atoms with Crippen molar-refractivity contribution < 1.29 is 9.59 Å². The van der Waals surface area contributed by atoms with Gasteiger partial charge in [0.2, 0.25) is 0 Å². The minimum Gasteiger partial charge on any atom is -0.358 e. The van der Waals surface area contributed by atoms with Crippen molar-refractivity contribution in [1.82, 2.24) is 4.98 Å². The molecule has 1 N–H and O–H groups in total. The number of carbonyl (C=O) groups excluding carboxylic acids is 2. The monoisotopic (exact) mass is 280 g/mol. The predicted molar refractivity (Wildman–Crippen MR) is 78.7 cm³/mol. The molecule has 1 aromatic heterocycles. The maximum atomic E-state index is 12.7. The van der Waals surface area contributed by atoms with E-state index in [1.165, 1.54) is 0 Å². The number of hydrogen-bond acceptors (Lipinski definition) is 3. The normalized spacial score (nSPS) is 21.8. The van der Waals surface area contributed by atoms with Crippen LogP contribution in [-0.4, -0.2) is 16.6 Å². The minimum atomic E-state index is -1.18. The maximum Gasteiger partial charge on any atom is 0.189 e. The van der Waals surface area contributed by atoms with Gasteiger partial charge in [-0.2, -0.15) is 5.26 Å². The molecule has 0 amide bonds. The lowest BCUT2D eigenvalue weighted by atomic mass is 9.90. The SMILES string of the molecule is Cc1[nH]c2ccccc2c1C(=O)[C@H](C#N)C(=O)[C@H]1C[C@@H]1C. The van der Waals surface area contributed by atoms with Crippen LogP contribution < -0.4 is 0 Å². The van der Waals surface area contributed by atoms with E-state index in [9.17, 15) is 14.9 Å². The lowest BCUT2D eigenvalue weighted by Crippen LogP contribution is -2.25. The zero-order chi connectivity index (χ0) is 15.1. The molecule has 0 aliphatic heterocycles. The molecule has 1 fully saturated rings. The molecule has 1 saturated carbocycles. The standard InChI is InChI=1S/C17H16N2O2/c1-9-7-12(9)16(20)13(8-18)17(21)15-10(2)19-14-6-4-3-5-11(14)15/h3-6,9,12-13,19H,7H2,1-2H3/t9-,12-,13+/m0/s1. The van der Waals surface area contributed by atoms with Crippen LogP contribution in [0.3, 0.4) is 0 Å². The number of H-pyrrole nitrogens is 1. The zero-order valence-corrected chi connectivity index (χ0v) is 12.0. The number of para-hydroxylation sites is 1. The second kappa shape index (κ2) is 4.85. The molecule has 0 radical (unpaired) electrons.